The van der Waals surface area contributed by atoms with Crippen LogP contribution >= 0.6 is 0 Å². The monoisotopic (exact) mass is 515 g/mol. The molecule has 38 heavy (non-hydrogen) atoms. The second-order valence-electron chi connectivity index (χ2n) is 9.73. The van der Waals surface area contributed by atoms with E-state index in [0.717, 1.165) is 38.0 Å². The maximum atomic E-state index is 14.2. The van der Waals surface area contributed by atoms with E-state index in [-0.39, 0.29) is 6.54 Å². The van der Waals surface area contributed by atoms with E-state index in [9.17, 15) is 14.4 Å². The van der Waals surface area contributed by atoms with E-state index in [2.05, 4.69) is 50.7 Å². The Bertz CT molecular complexity index is 1340. The molecule has 10 heteroatoms. The van der Waals surface area contributed by atoms with Crippen LogP contribution in [0.3, 0.4) is 0 Å². The summed E-state index contributed by atoms with van der Waals surface area (Å²) in [6, 6.07) is 13.4. The van der Waals surface area contributed by atoms with Crippen molar-refractivity contribution < 1.29 is 13.9 Å². The number of alkyl halides is 1. The number of nitrogens with zero attached hydrogens (tertiary/aromatic N) is 5. The van der Waals surface area contributed by atoms with Gasteiger partial charge in [-0.3, -0.25) is 4.79 Å². The SMILES string of the molecule is Cc1cc(Nc2ncnc(-c3ccc(O[C@H]4CCNC[C@H]4F)c(C#N)c3)n2)ccc1C1CCN(C=O)CC1. The molecule has 0 unspecified atom stereocenters. The molecule has 2 saturated heterocycles. The summed E-state index contributed by atoms with van der Waals surface area (Å²) in [4.78, 5) is 25.9. The summed E-state index contributed by atoms with van der Waals surface area (Å²) in [6.45, 7) is 4.59. The van der Waals surface area contributed by atoms with E-state index in [0.29, 0.717) is 47.5 Å². The Kier molecular flexibility index (Phi) is 7.75. The van der Waals surface area contributed by atoms with Crippen molar-refractivity contribution in [2.24, 2.45) is 0 Å². The van der Waals surface area contributed by atoms with Crippen LogP contribution in [0.5, 0.6) is 5.75 Å². The van der Waals surface area contributed by atoms with Crippen molar-refractivity contribution >= 4 is 18.0 Å². The highest BCUT2D eigenvalue weighted by atomic mass is 19.1. The van der Waals surface area contributed by atoms with Gasteiger partial charge in [0.2, 0.25) is 12.4 Å². The van der Waals surface area contributed by atoms with E-state index in [1.54, 1.807) is 18.2 Å². The predicted octanol–water partition coefficient (Wildman–Crippen LogP) is 3.88. The van der Waals surface area contributed by atoms with E-state index >= 15 is 0 Å². The van der Waals surface area contributed by atoms with Gasteiger partial charge in [0.05, 0.1) is 5.56 Å². The maximum absolute atomic E-state index is 14.2. The summed E-state index contributed by atoms with van der Waals surface area (Å²) in [5.74, 6) is 1.59. The standard InChI is InChI=1S/C28H30FN7O2/c1-18-12-22(3-4-23(18)19-7-10-36(17-37)11-8-19)34-28-33-16-32-27(35-28)20-2-5-25(21(13-20)14-30)38-26-6-9-31-15-24(26)29/h2-5,12-13,16-17,19,24,26,31H,6-11,15H2,1H3,(H,32,33,34,35)/t24-,26+/m1/s1. The van der Waals surface area contributed by atoms with Crippen molar-refractivity contribution in [1.29, 1.82) is 5.26 Å². The lowest BCUT2D eigenvalue weighted by molar-refractivity contribution is -0.119. The third kappa shape index (κ3) is 5.73. The molecule has 2 aliphatic heterocycles. The fourth-order valence-electron chi connectivity index (χ4n) is 5.10. The molecule has 5 rings (SSSR count). The summed E-state index contributed by atoms with van der Waals surface area (Å²) >= 11 is 0. The third-order valence-electron chi connectivity index (χ3n) is 7.20. The van der Waals surface area contributed by atoms with Crippen LogP contribution in [0.4, 0.5) is 16.0 Å². The molecule has 0 saturated carbocycles. The van der Waals surface area contributed by atoms with Crippen LogP contribution in [0.2, 0.25) is 0 Å². The zero-order chi connectivity index (χ0) is 26.5. The van der Waals surface area contributed by atoms with Crippen molar-refractivity contribution in [3.63, 3.8) is 0 Å². The lowest BCUT2D eigenvalue weighted by atomic mass is 9.87. The van der Waals surface area contributed by atoms with Gasteiger partial charge in [0.25, 0.3) is 0 Å². The lowest BCUT2D eigenvalue weighted by Gasteiger charge is -2.30. The fourth-order valence-corrected chi connectivity index (χ4v) is 5.10. The smallest absolute Gasteiger partial charge is 0.230 e. The minimum atomic E-state index is -1.12. The number of likely N-dealkylation sites (tertiary alicyclic amines) is 1. The number of ether oxygens (including phenoxy) is 1. The topological polar surface area (TPSA) is 116 Å². The molecular weight excluding hydrogens is 485 g/mol. The Hall–Kier alpha value is -4.10. The molecular formula is C28H30FN7O2. The largest absolute Gasteiger partial charge is 0.486 e. The number of halogens is 1. The zero-order valence-electron chi connectivity index (χ0n) is 21.2. The van der Waals surface area contributed by atoms with Crippen molar-refractivity contribution in [1.82, 2.24) is 25.2 Å². The number of carbonyl (C=O) groups is 1. The molecule has 2 aromatic carbocycles. The second kappa shape index (κ2) is 11.5. The minimum absolute atomic E-state index is 0.244. The third-order valence-corrected chi connectivity index (χ3v) is 7.20. The predicted molar refractivity (Wildman–Crippen MR) is 141 cm³/mol. The summed E-state index contributed by atoms with van der Waals surface area (Å²) in [5.41, 5.74) is 4.26. The van der Waals surface area contributed by atoms with Gasteiger partial charge in [-0.1, -0.05) is 6.07 Å². The molecule has 2 aliphatic rings. The van der Waals surface area contributed by atoms with Gasteiger partial charge in [-0.15, -0.1) is 0 Å². The number of piperidine rings is 2. The molecule has 1 aromatic heterocycles. The number of benzene rings is 2. The number of hydrogen-bond acceptors (Lipinski definition) is 8. The number of hydrogen-bond donors (Lipinski definition) is 2. The first kappa shape index (κ1) is 25.5. The average Bonchev–Trinajstić information content (AvgIpc) is 2.95. The highest BCUT2D eigenvalue weighted by molar-refractivity contribution is 5.63. The first-order chi connectivity index (χ1) is 18.5. The summed E-state index contributed by atoms with van der Waals surface area (Å²) in [7, 11) is 0. The Balaban J connectivity index is 1.29. The molecule has 3 aromatic rings. The average molecular weight is 516 g/mol. The van der Waals surface area contributed by atoms with Crippen LogP contribution in [0, 0.1) is 18.3 Å². The molecule has 2 fully saturated rings. The Morgan fingerprint density at radius 1 is 1.18 bits per heavy atom. The van der Waals surface area contributed by atoms with Crippen molar-refractivity contribution in [3.8, 4) is 23.2 Å². The molecule has 196 valence electrons. The first-order valence-corrected chi connectivity index (χ1v) is 12.9. The van der Waals surface area contributed by atoms with Crippen molar-refractivity contribution in [2.75, 3.05) is 31.5 Å². The molecule has 0 bridgehead atoms. The number of aromatic nitrogens is 3. The molecule has 9 nitrogen and oxygen atoms in total. The van der Waals surface area contributed by atoms with Crippen LogP contribution in [-0.2, 0) is 4.79 Å². The highest BCUT2D eigenvalue weighted by Crippen LogP contribution is 2.32. The van der Waals surface area contributed by atoms with Gasteiger partial charge in [-0.2, -0.15) is 10.2 Å². The molecule has 2 atom stereocenters. The van der Waals surface area contributed by atoms with Crippen molar-refractivity contribution in [2.45, 2.75) is 44.4 Å². The fraction of sp³-hybridized carbons (Fsp3) is 0.393. The molecule has 1 amide bonds. The lowest BCUT2D eigenvalue weighted by Crippen LogP contribution is -2.44. The normalized spacial score (nSPS) is 20.0. The quantitative estimate of drug-likeness (QED) is 0.456. The van der Waals surface area contributed by atoms with Gasteiger partial charge in [0.1, 0.15) is 30.4 Å². The Morgan fingerprint density at radius 2 is 2.03 bits per heavy atom. The number of carbonyl (C=O) groups excluding carboxylic acids is 1. The van der Waals surface area contributed by atoms with Gasteiger partial charge in [-0.05, 0) is 80.1 Å². The molecule has 2 N–H and O–H groups in total. The van der Waals surface area contributed by atoms with Gasteiger partial charge < -0.3 is 20.3 Å². The number of nitriles is 1. The molecule has 3 heterocycles. The number of anilines is 2. The Morgan fingerprint density at radius 3 is 2.76 bits per heavy atom. The number of nitrogens with one attached hydrogen (secondary N) is 2. The van der Waals surface area contributed by atoms with Gasteiger partial charge >= 0.3 is 0 Å². The van der Waals surface area contributed by atoms with E-state index in [4.69, 9.17) is 4.74 Å². The summed E-state index contributed by atoms with van der Waals surface area (Å²) in [6.07, 6.45) is 3.11. The van der Waals surface area contributed by atoms with Crippen LogP contribution in [0.1, 0.15) is 41.9 Å². The Labute approximate surface area is 221 Å². The molecule has 0 aliphatic carbocycles. The van der Waals surface area contributed by atoms with E-state index in [1.165, 1.54) is 17.5 Å². The van der Waals surface area contributed by atoms with Crippen LogP contribution in [-0.4, -0.2) is 64.7 Å². The van der Waals surface area contributed by atoms with E-state index < -0.39 is 12.3 Å². The van der Waals surface area contributed by atoms with Gasteiger partial charge in [-0.25, -0.2) is 14.4 Å². The van der Waals surface area contributed by atoms with Crippen LogP contribution in [0.25, 0.3) is 11.4 Å². The summed E-state index contributed by atoms with van der Waals surface area (Å²) in [5, 5.41) is 15.9. The maximum Gasteiger partial charge on any atom is 0.230 e. The summed E-state index contributed by atoms with van der Waals surface area (Å²) < 4.78 is 20.0. The zero-order valence-corrected chi connectivity index (χ0v) is 21.2. The van der Waals surface area contributed by atoms with E-state index in [1.807, 2.05) is 11.0 Å². The van der Waals surface area contributed by atoms with Crippen LogP contribution < -0.4 is 15.4 Å². The molecule has 0 radical (unpaired) electrons. The van der Waals surface area contributed by atoms with Crippen LogP contribution in [0.15, 0.2) is 42.7 Å². The first-order valence-electron chi connectivity index (χ1n) is 12.9. The highest BCUT2D eigenvalue weighted by Gasteiger charge is 2.27. The number of amides is 1. The van der Waals surface area contributed by atoms with Gasteiger partial charge in [0, 0.05) is 30.9 Å². The molecule has 0 spiro atoms. The van der Waals surface area contributed by atoms with Gasteiger partial charge in [0.15, 0.2) is 5.82 Å². The second-order valence-corrected chi connectivity index (χ2v) is 9.73. The van der Waals surface area contributed by atoms with Crippen molar-refractivity contribution in [3.05, 3.63) is 59.4 Å². The minimum Gasteiger partial charge on any atom is -0.486 e. The number of rotatable bonds is 7. The number of aryl methyl sites for hydroxylation is 1.